The molecule has 0 aromatic rings. The summed E-state index contributed by atoms with van der Waals surface area (Å²) in [7, 11) is 2.42. The van der Waals surface area contributed by atoms with Gasteiger partial charge in [0.1, 0.15) is 5.57 Å². The normalized spacial score (nSPS) is 17.1. The minimum absolute atomic E-state index is 0.218. The Hall–Kier alpha value is -2.36. The molecule has 1 heterocycles. The van der Waals surface area contributed by atoms with E-state index in [1.807, 2.05) is 0 Å². The summed E-state index contributed by atoms with van der Waals surface area (Å²) in [5.41, 5.74) is -0.643. The Morgan fingerprint density at radius 2 is 2.13 bits per heavy atom. The number of carbonyl (C=O) groups is 2. The number of hydrogen-bond donors (Lipinski definition) is 1. The first kappa shape index (κ1) is 10.7. The van der Waals surface area contributed by atoms with Gasteiger partial charge in [0.15, 0.2) is 4.98 Å². The third-order valence-corrected chi connectivity index (χ3v) is 1.87. The van der Waals surface area contributed by atoms with Crippen molar-refractivity contribution in [2.45, 2.75) is 0 Å². The molecule has 0 spiro atoms. The van der Waals surface area contributed by atoms with E-state index in [1.54, 1.807) is 0 Å². The van der Waals surface area contributed by atoms with Crippen molar-refractivity contribution in [1.29, 1.82) is 5.39 Å². The van der Waals surface area contributed by atoms with Crippen LogP contribution in [0, 0.1) is 5.39 Å². The van der Waals surface area contributed by atoms with Gasteiger partial charge in [0.2, 0.25) is 5.39 Å². The zero-order valence-corrected chi connectivity index (χ0v) is 8.09. The Kier molecular flexibility index (Phi) is 2.71. The number of methoxy groups -OCH3 is 1. The number of rotatable bonds is 2. The molecule has 78 valence electrons. The molecule has 0 aromatic carbocycles. The van der Waals surface area contributed by atoms with E-state index in [0.717, 1.165) is 11.0 Å². The van der Waals surface area contributed by atoms with Crippen LogP contribution in [0.25, 0.3) is 4.98 Å². The number of aliphatic hydroxyl groups excluding tert-OH is 1. The maximum absolute atomic E-state index is 11.4. The first-order valence-corrected chi connectivity index (χ1v) is 3.89. The van der Waals surface area contributed by atoms with Crippen molar-refractivity contribution in [1.82, 2.24) is 4.90 Å². The van der Waals surface area contributed by atoms with Crippen LogP contribution in [-0.2, 0) is 14.3 Å². The second-order valence-electron chi connectivity index (χ2n) is 2.72. The number of diazo groups is 1. The van der Waals surface area contributed by atoms with Crippen LogP contribution in [0.5, 0.6) is 0 Å². The highest BCUT2D eigenvalue weighted by atomic mass is 16.6. The Morgan fingerprint density at radius 3 is 2.60 bits per heavy atom. The van der Waals surface area contributed by atoms with Crippen LogP contribution in [0.1, 0.15) is 0 Å². The summed E-state index contributed by atoms with van der Waals surface area (Å²) in [4.78, 5) is 26.1. The molecular weight excluding hydrogens is 202 g/mol. The molecule has 0 unspecified atom stereocenters. The molecule has 7 nitrogen and oxygen atoms in total. The Morgan fingerprint density at radius 1 is 1.53 bits per heavy atom. The Balaban J connectivity index is 3.25. The SMILES string of the molecule is CO/C(O)=C/C1=C([N+]#N)C(=O)N(C)C1=O. The highest BCUT2D eigenvalue weighted by Gasteiger charge is 2.45. The molecule has 1 aliphatic rings. The highest BCUT2D eigenvalue weighted by molar-refractivity contribution is 6.21. The van der Waals surface area contributed by atoms with Gasteiger partial charge in [-0.1, -0.05) is 0 Å². The second kappa shape index (κ2) is 3.79. The molecule has 0 saturated heterocycles. The lowest BCUT2D eigenvalue weighted by Gasteiger charge is -2.02. The number of aliphatic hydroxyl groups is 1. The zero-order valence-electron chi connectivity index (χ0n) is 8.09. The molecule has 7 heteroatoms. The molecule has 1 rings (SSSR count). The summed E-state index contributed by atoms with van der Waals surface area (Å²) < 4.78 is 4.40. The van der Waals surface area contributed by atoms with E-state index in [-0.39, 0.29) is 5.57 Å². The van der Waals surface area contributed by atoms with Gasteiger partial charge in [0, 0.05) is 13.1 Å². The molecule has 0 saturated carbocycles. The fraction of sp³-hybridized carbons (Fsp3) is 0.250. The van der Waals surface area contributed by atoms with Gasteiger partial charge < -0.3 is 9.84 Å². The van der Waals surface area contributed by atoms with Crippen LogP contribution < -0.4 is 0 Å². The quantitative estimate of drug-likeness (QED) is 0.397. The van der Waals surface area contributed by atoms with E-state index in [9.17, 15) is 9.59 Å². The van der Waals surface area contributed by atoms with E-state index in [1.165, 1.54) is 14.2 Å². The molecule has 0 fully saturated rings. The van der Waals surface area contributed by atoms with E-state index in [4.69, 9.17) is 10.5 Å². The first-order valence-electron chi connectivity index (χ1n) is 3.89. The molecular formula is C8H8N3O4+. The molecule has 1 aliphatic heterocycles. The molecule has 15 heavy (non-hydrogen) atoms. The monoisotopic (exact) mass is 210 g/mol. The third kappa shape index (κ3) is 1.65. The fourth-order valence-electron chi connectivity index (χ4n) is 1.06. The van der Waals surface area contributed by atoms with Crippen molar-refractivity contribution < 1.29 is 19.4 Å². The lowest BCUT2D eigenvalue weighted by atomic mass is 10.2. The Labute approximate surface area is 84.9 Å². The van der Waals surface area contributed by atoms with Gasteiger partial charge in [-0.2, -0.15) is 0 Å². The van der Waals surface area contributed by atoms with Crippen molar-refractivity contribution in [2.75, 3.05) is 14.2 Å². The van der Waals surface area contributed by atoms with Crippen LogP contribution >= 0.6 is 0 Å². The minimum atomic E-state index is -0.738. The molecule has 0 aliphatic carbocycles. The lowest BCUT2D eigenvalue weighted by Crippen LogP contribution is -2.26. The van der Waals surface area contributed by atoms with Gasteiger partial charge in [-0.3, -0.25) is 14.5 Å². The lowest BCUT2D eigenvalue weighted by molar-refractivity contribution is -0.135. The van der Waals surface area contributed by atoms with Gasteiger partial charge >= 0.3 is 11.6 Å². The van der Waals surface area contributed by atoms with Gasteiger partial charge in [0.05, 0.1) is 7.11 Å². The summed E-state index contributed by atoms with van der Waals surface area (Å²) in [6.07, 6.45) is 0.915. The minimum Gasteiger partial charge on any atom is -0.481 e. The predicted octanol–water partition coefficient (Wildman–Crippen LogP) is 0.138. The molecule has 0 radical (unpaired) electrons. The standard InChI is InChI=1S/C8H7N3O4/c1-11-7(13)4(3-5(12)15-2)6(10-9)8(11)14/h3H,1-2H3/p+1. The fourth-order valence-corrected chi connectivity index (χ4v) is 1.06. The maximum Gasteiger partial charge on any atom is 0.462 e. The van der Waals surface area contributed by atoms with Crippen molar-refractivity contribution >= 4 is 11.8 Å². The van der Waals surface area contributed by atoms with Crippen LogP contribution in [0.15, 0.2) is 23.3 Å². The summed E-state index contributed by atoms with van der Waals surface area (Å²) in [6.45, 7) is 0. The average Bonchev–Trinajstić information content (AvgIpc) is 2.43. The van der Waals surface area contributed by atoms with E-state index in [0.29, 0.717) is 0 Å². The third-order valence-electron chi connectivity index (χ3n) is 1.87. The number of ether oxygens (including phenoxy) is 1. The number of carbonyl (C=O) groups excluding carboxylic acids is 2. The molecule has 2 amide bonds. The highest BCUT2D eigenvalue weighted by Crippen LogP contribution is 2.22. The van der Waals surface area contributed by atoms with Crippen LogP contribution in [-0.4, -0.2) is 36.0 Å². The first-order chi connectivity index (χ1) is 7.02. The molecule has 0 bridgehead atoms. The van der Waals surface area contributed by atoms with E-state index >= 15 is 0 Å². The maximum atomic E-state index is 11.4. The van der Waals surface area contributed by atoms with Gasteiger partial charge in [-0.25, -0.2) is 0 Å². The largest absolute Gasteiger partial charge is 0.481 e. The average molecular weight is 210 g/mol. The summed E-state index contributed by atoms with van der Waals surface area (Å²) in [5, 5.41) is 17.6. The van der Waals surface area contributed by atoms with Crippen molar-refractivity contribution in [2.24, 2.45) is 0 Å². The van der Waals surface area contributed by atoms with Gasteiger partial charge in [0.25, 0.3) is 11.9 Å². The second-order valence-corrected chi connectivity index (χ2v) is 2.72. The van der Waals surface area contributed by atoms with Gasteiger partial charge in [-0.05, 0) is 0 Å². The summed E-state index contributed by atoms with van der Waals surface area (Å²) in [6, 6.07) is 0. The molecule has 0 atom stereocenters. The Bertz CT molecular complexity index is 430. The summed E-state index contributed by atoms with van der Waals surface area (Å²) >= 11 is 0. The number of hydrogen-bond acceptors (Lipinski definition) is 5. The topological polar surface area (TPSA) is 95.0 Å². The number of nitrogens with zero attached hydrogens (tertiary/aromatic N) is 3. The predicted molar refractivity (Wildman–Crippen MR) is 47.6 cm³/mol. The number of imide groups is 1. The smallest absolute Gasteiger partial charge is 0.462 e. The molecule has 1 N–H and O–H groups in total. The number of amides is 2. The van der Waals surface area contributed by atoms with Gasteiger partial charge in [-0.15, -0.1) is 0 Å². The van der Waals surface area contributed by atoms with Crippen LogP contribution in [0.4, 0.5) is 0 Å². The zero-order chi connectivity index (χ0) is 11.6. The summed E-state index contributed by atoms with van der Waals surface area (Å²) in [5.74, 6) is -1.96. The molecule has 0 aromatic heterocycles. The van der Waals surface area contributed by atoms with E-state index in [2.05, 4.69) is 9.71 Å². The van der Waals surface area contributed by atoms with Crippen molar-refractivity contribution in [3.8, 4) is 0 Å². The number of likely N-dealkylation sites (N-methyl/N-ethyl adjacent to an activating group) is 1. The van der Waals surface area contributed by atoms with Crippen molar-refractivity contribution in [3.05, 3.63) is 28.3 Å². The van der Waals surface area contributed by atoms with Crippen molar-refractivity contribution in [3.63, 3.8) is 0 Å². The van der Waals surface area contributed by atoms with Crippen LogP contribution in [0.2, 0.25) is 0 Å². The van der Waals surface area contributed by atoms with Crippen LogP contribution in [0.3, 0.4) is 0 Å². The van der Waals surface area contributed by atoms with E-state index < -0.39 is 23.5 Å².